The van der Waals surface area contributed by atoms with E-state index in [4.69, 9.17) is 5.11 Å². The molecule has 1 saturated heterocycles. The van der Waals surface area contributed by atoms with E-state index in [0.29, 0.717) is 0 Å². The number of benzene rings is 1. The van der Waals surface area contributed by atoms with Gasteiger partial charge in [0.2, 0.25) is 0 Å². The summed E-state index contributed by atoms with van der Waals surface area (Å²) in [6.45, 7) is 9.43. The van der Waals surface area contributed by atoms with Crippen molar-refractivity contribution in [3.05, 3.63) is 35.4 Å². The van der Waals surface area contributed by atoms with Crippen molar-refractivity contribution in [2.75, 3.05) is 33.2 Å². The third kappa shape index (κ3) is 4.55. The summed E-state index contributed by atoms with van der Waals surface area (Å²) in [5.74, 6) is -0.749. The van der Waals surface area contributed by atoms with Crippen LogP contribution in [0.15, 0.2) is 24.3 Å². The molecule has 0 spiro atoms. The number of nitrogens with zero attached hydrogens (tertiary/aromatic N) is 2. The van der Waals surface area contributed by atoms with E-state index >= 15 is 0 Å². The maximum absolute atomic E-state index is 10.9. The molecule has 0 atom stereocenters. The van der Waals surface area contributed by atoms with Gasteiger partial charge in [-0.15, -0.1) is 0 Å². The summed E-state index contributed by atoms with van der Waals surface area (Å²) < 4.78 is 0. The molecule has 1 N–H and O–H groups in total. The number of hydrogen-bond acceptors (Lipinski definition) is 3. The average Bonchev–Trinajstić information content (AvgIpc) is 2.41. The molecule has 1 aromatic rings. The van der Waals surface area contributed by atoms with E-state index < -0.39 is 5.97 Å². The molecule has 1 heterocycles. The van der Waals surface area contributed by atoms with Crippen LogP contribution in [0.3, 0.4) is 0 Å². The number of carboxylic acids is 1. The summed E-state index contributed by atoms with van der Waals surface area (Å²) in [6.07, 6.45) is 0.158. The molecule has 1 fully saturated rings. The Morgan fingerprint density at radius 1 is 1.14 bits per heavy atom. The zero-order chi connectivity index (χ0) is 15.5. The van der Waals surface area contributed by atoms with Crippen molar-refractivity contribution in [3.8, 4) is 0 Å². The highest BCUT2D eigenvalue weighted by Gasteiger charge is 2.24. The van der Waals surface area contributed by atoms with Crippen LogP contribution in [-0.2, 0) is 16.8 Å². The molecule has 21 heavy (non-hydrogen) atoms. The Morgan fingerprint density at radius 3 is 2.24 bits per heavy atom. The normalized spacial score (nSPS) is 17.9. The van der Waals surface area contributed by atoms with E-state index in [2.05, 4.69) is 41.1 Å². The van der Waals surface area contributed by atoms with Crippen LogP contribution in [0.2, 0.25) is 0 Å². The van der Waals surface area contributed by atoms with Crippen molar-refractivity contribution in [2.24, 2.45) is 0 Å². The standard InChI is InChI=1S/C17H26N2O2/c1-17(2,12-16(20)21)15-6-4-14(5-7-15)13-19-10-8-18(3)9-11-19/h4-7H,8-13H2,1-3H3,(H,20,21). The van der Waals surface area contributed by atoms with Crippen LogP contribution in [-0.4, -0.2) is 54.1 Å². The molecule has 0 saturated carbocycles. The summed E-state index contributed by atoms with van der Waals surface area (Å²) in [5, 5.41) is 8.99. The van der Waals surface area contributed by atoms with Gasteiger partial charge in [-0.05, 0) is 18.2 Å². The predicted molar refractivity (Wildman–Crippen MR) is 84.5 cm³/mol. The number of carbonyl (C=O) groups is 1. The smallest absolute Gasteiger partial charge is 0.304 e. The lowest BCUT2D eigenvalue weighted by atomic mass is 9.81. The van der Waals surface area contributed by atoms with Gasteiger partial charge in [-0.1, -0.05) is 38.1 Å². The molecular formula is C17H26N2O2. The molecule has 1 aromatic carbocycles. The first kappa shape index (κ1) is 16.0. The molecule has 0 unspecified atom stereocenters. The average molecular weight is 290 g/mol. The van der Waals surface area contributed by atoms with Gasteiger partial charge in [0.15, 0.2) is 0 Å². The van der Waals surface area contributed by atoms with Gasteiger partial charge in [0.1, 0.15) is 0 Å². The molecule has 0 bridgehead atoms. The first-order valence-corrected chi connectivity index (χ1v) is 7.59. The summed E-state index contributed by atoms with van der Waals surface area (Å²) >= 11 is 0. The van der Waals surface area contributed by atoms with Gasteiger partial charge in [-0.3, -0.25) is 9.69 Å². The van der Waals surface area contributed by atoms with Gasteiger partial charge in [0.05, 0.1) is 6.42 Å². The van der Waals surface area contributed by atoms with Gasteiger partial charge in [0, 0.05) is 38.1 Å². The van der Waals surface area contributed by atoms with Crippen molar-refractivity contribution in [1.82, 2.24) is 9.80 Å². The number of hydrogen-bond donors (Lipinski definition) is 1. The molecule has 116 valence electrons. The third-order valence-corrected chi connectivity index (χ3v) is 4.33. The minimum Gasteiger partial charge on any atom is -0.481 e. The zero-order valence-corrected chi connectivity index (χ0v) is 13.3. The van der Waals surface area contributed by atoms with Gasteiger partial charge < -0.3 is 10.0 Å². The summed E-state index contributed by atoms with van der Waals surface area (Å²) in [5.41, 5.74) is 2.07. The maximum Gasteiger partial charge on any atom is 0.304 e. The molecule has 2 rings (SSSR count). The molecule has 0 aromatic heterocycles. The second kappa shape index (κ2) is 6.58. The largest absolute Gasteiger partial charge is 0.481 e. The molecule has 4 heteroatoms. The molecule has 1 aliphatic rings. The molecule has 0 amide bonds. The van der Waals surface area contributed by atoms with Crippen LogP contribution in [0, 0.1) is 0 Å². The van der Waals surface area contributed by atoms with E-state index in [1.54, 1.807) is 0 Å². The Hall–Kier alpha value is -1.39. The Morgan fingerprint density at radius 2 is 1.71 bits per heavy atom. The van der Waals surface area contributed by atoms with Crippen molar-refractivity contribution >= 4 is 5.97 Å². The van der Waals surface area contributed by atoms with E-state index in [-0.39, 0.29) is 11.8 Å². The van der Waals surface area contributed by atoms with Crippen LogP contribution in [0.4, 0.5) is 0 Å². The highest BCUT2D eigenvalue weighted by atomic mass is 16.4. The van der Waals surface area contributed by atoms with Gasteiger partial charge in [0.25, 0.3) is 0 Å². The number of likely N-dealkylation sites (N-methyl/N-ethyl adjacent to an activating group) is 1. The van der Waals surface area contributed by atoms with Crippen LogP contribution < -0.4 is 0 Å². The first-order valence-electron chi connectivity index (χ1n) is 7.59. The fraction of sp³-hybridized carbons (Fsp3) is 0.588. The fourth-order valence-electron chi connectivity index (χ4n) is 2.81. The van der Waals surface area contributed by atoms with E-state index in [1.165, 1.54) is 5.56 Å². The molecular weight excluding hydrogens is 264 g/mol. The van der Waals surface area contributed by atoms with Gasteiger partial charge in [-0.2, -0.15) is 0 Å². The van der Waals surface area contributed by atoms with Crippen LogP contribution >= 0.6 is 0 Å². The highest BCUT2D eigenvalue weighted by Crippen LogP contribution is 2.27. The highest BCUT2D eigenvalue weighted by molar-refractivity contribution is 5.68. The summed E-state index contributed by atoms with van der Waals surface area (Å²) in [4.78, 5) is 15.8. The maximum atomic E-state index is 10.9. The third-order valence-electron chi connectivity index (χ3n) is 4.33. The SMILES string of the molecule is CN1CCN(Cc2ccc(C(C)(C)CC(=O)O)cc2)CC1. The summed E-state index contributed by atoms with van der Waals surface area (Å²) in [7, 11) is 2.16. The van der Waals surface area contributed by atoms with Crippen molar-refractivity contribution < 1.29 is 9.90 Å². The minimum absolute atomic E-state index is 0.158. The minimum atomic E-state index is -0.749. The van der Waals surface area contributed by atoms with Gasteiger partial charge >= 0.3 is 5.97 Å². The summed E-state index contributed by atoms with van der Waals surface area (Å²) in [6, 6.07) is 8.43. The van der Waals surface area contributed by atoms with Crippen molar-refractivity contribution in [1.29, 1.82) is 0 Å². The Kier molecular flexibility index (Phi) is 5.01. The lowest BCUT2D eigenvalue weighted by molar-refractivity contribution is -0.138. The Balaban J connectivity index is 1.97. The monoisotopic (exact) mass is 290 g/mol. The molecule has 1 aliphatic heterocycles. The number of piperazine rings is 1. The van der Waals surface area contributed by atoms with Crippen LogP contribution in [0.25, 0.3) is 0 Å². The van der Waals surface area contributed by atoms with E-state index in [1.807, 2.05) is 13.8 Å². The topological polar surface area (TPSA) is 43.8 Å². The number of carboxylic acid groups (broad SMARTS) is 1. The Labute approximate surface area is 127 Å². The number of rotatable bonds is 5. The first-order chi connectivity index (χ1) is 9.87. The lowest BCUT2D eigenvalue weighted by Gasteiger charge is -2.32. The molecule has 0 radical (unpaired) electrons. The molecule has 4 nitrogen and oxygen atoms in total. The van der Waals surface area contributed by atoms with E-state index in [0.717, 1.165) is 38.3 Å². The van der Waals surface area contributed by atoms with Crippen LogP contribution in [0.1, 0.15) is 31.4 Å². The fourth-order valence-corrected chi connectivity index (χ4v) is 2.81. The van der Waals surface area contributed by atoms with Crippen LogP contribution in [0.5, 0.6) is 0 Å². The van der Waals surface area contributed by atoms with Gasteiger partial charge in [-0.25, -0.2) is 0 Å². The number of aliphatic carboxylic acids is 1. The Bertz CT molecular complexity index is 474. The second-order valence-corrected chi connectivity index (χ2v) is 6.73. The molecule has 0 aliphatic carbocycles. The lowest BCUT2D eigenvalue weighted by Crippen LogP contribution is -2.43. The van der Waals surface area contributed by atoms with Crippen molar-refractivity contribution in [2.45, 2.75) is 32.2 Å². The zero-order valence-electron chi connectivity index (χ0n) is 13.3. The quantitative estimate of drug-likeness (QED) is 0.903. The van der Waals surface area contributed by atoms with Crippen molar-refractivity contribution in [3.63, 3.8) is 0 Å². The second-order valence-electron chi connectivity index (χ2n) is 6.73. The van der Waals surface area contributed by atoms with E-state index in [9.17, 15) is 4.79 Å². The predicted octanol–water partition coefficient (Wildman–Crippen LogP) is 2.19.